The van der Waals surface area contributed by atoms with E-state index < -0.39 is 5.60 Å². The van der Waals surface area contributed by atoms with Gasteiger partial charge in [-0.3, -0.25) is 10.1 Å². The Hall–Kier alpha value is -2.06. The third-order valence-electron chi connectivity index (χ3n) is 4.24. The van der Waals surface area contributed by atoms with E-state index in [2.05, 4.69) is 25.8 Å². The number of anilines is 2. The van der Waals surface area contributed by atoms with Crippen molar-refractivity contribution >= 4 is 28.2 Å². The molecule has 24 heavy (non-hydrogen) atoms. The summed E-state index contributed by atoms with van der Waals surface area (Å²) < 4.78 is 0. The van der Waals surface area contributed by atoms with E-state index in [4.69, 9.17) is 0 Å². The van der Waals surface area contributed by atoms with E-state index in [1.165, 1.54) is 30.4 Å². The van der Waals surface area contributed by atoms with Crippen molar-refractivity contribution in [1.82, 2.24) is 15.2 Å². The summed E-state index contributed by atoms with van der Waals surface area (Å²) in [5.74, 6) is 0.383. The molecular weight excluding hydrogens is 326 g/mol. The molecule has 0 radical (unpaired) electrons. The monoisotopic (exact) mass is 347 g/mol. The highest BCUT2D eigenvalue weighted by molar-refractivity contribution is 7.13. The number of rotatable bonds is 5. The zero-order valence-corrected chi connectivity index (χ0v) is 14.2. The molecule has 2 aromatic heterocycles. The molecule has 128 valence electrons. The molecule has 1 aliphatic rings. The molecule has 0 bridgehead atoms. The molecule has 2 heterocycles. The number of carbonyl (C=O) groups is 1. The number of nitrogens with zero attached hydrogens (tertiary/aromatic N) is 3. The molecule has 0 unspecified atom stereocenters. The summed E-state index contributed by atoms with van der Waals surface area (Å²) in [5, 5.41) is 24.4. The Balaban J connectivity index is 1.55. The third kappa shape index (κ3) is 4.48. The van der Waals surface area contributed by atoms with Crippen molar-refractivity contribution < 1.29 is 9.90 Å². The molecule has 0 spiro atoms. The second-order valence-electron chi connectivity index (χ2n) is 6.12. The van der Waals surface area contributed by atoms with E-state index in [0.717, 1.165) is 25.7 Å². The van der Waals surface area contributed by atoms with Gasteiger partial charge in [-0.05, 0) is 25.0 Å². The normalized spacial score (nSPS) is 17.0. The number of carbonyl (C=O) groups excluding carboxylic acids is 1. The lowest BCUT2D eigenvalue weighted by Crippen LogP contribution is -2.36. The molecule has 0 aromatic carbocycles. The number of aromatic nitrogens is 3. The SMILES string of the molecule is O=C(Nc1nncs1)c1ccc(NCC2(O)CCCCCC2)nc1. The van der Waals surface area contributed by atoms with Gasteiger partial charge in [0.25, 0.3) is 5.91 Å². The number of aliphatic hydroxyl groups is 1. The Labute approximate surface area is 144 Å². The molecule has 1 saturated carbocycles. The van der Waals surface area contributed by atoms with Crippen LogP contribution in [0.4, 0.5) is 10.9 Å². The summed E-state index contributed by atoms with van der Waals surface area (Å²) in [6.07, 6.45) is 7.67. The zero-order valence-electron chi connectivity index (χ0n) is 13.4. The van der Waals surface area contributed by atoms with Crippen molar-refractivity contribution in [3.63, 3.8) is 0 Å². The van der Waals surface area contributed by atoms with Gasteiger partial charge in [-0.2, -0.15) is 0 Å². The summed E-state index contributed by atoms with van der Waals surface area (Å²) in [6.45, 7) is 0.482. The van der Waals surface area contributed by atoms with Crippen LogP contribution in [0.5, 0.6) is 0 Å². The van der Waals surface area contributed by atoms with Gasteiger partial charge >= 0.3 is 0 Å². The first-order chi connectivity index (χ1) is 11.6. The number of pyridine rings is 1. The number of amides is 1. The van der Waals surface area contributed by atoms with E-state index in [9.17, 15) is 9.90 Å². The van der Waals surface area contributed by atoms with E-state index in [1.807, 2.05) is 0 Å². The van der Waals surface area contributed by atoms with Crippen molar-refractivity contribution in [3.05, 3.63) is 29.4 Å². The summed E-state index contributed by atoms with van der Waals surface area (Å²) in [6, 6.07) is 3.44. The lowest BCUT2D eigenvalue weighted by molar-refractivity contribution is 0.0380. The Morgan fingerprint density at radius 2 is 2.04 bits per heavy atom. The van der Waals surface area contributed by atoms with Crippen LogP contribution in [0.15, 0.2) is 23.8 Å². The van der Waals surface area contributed by atoms with Crippen LogP contribution in [0.1, 0.15) is 48.9 Å². The first kappa shape index (κ1) is 16.8. The quantitative estimate of drug-likeness (QED) is 0.719. The first-order valence-corrected chi connectivity index (χ1v) is 9.02. The predicted octanol–water partition coefficient (Wildman–Crippen LogP) is 2.68. The van der Waals surface area contributed by atoms with Crippen molar-refractivity contribution in [3.8, 4) is 0 Å². The molecule has 0 saturated heterocycles. The number of nitrogens with one attached hydrogen (secondary N) is 2. The maximum atomic E-state index is 12.0. The molecule has 3 rings (SSSR count). The highest BCUT2D eigenvalue weighted by Crippen LogP contribution is 2.27. The molecule has 1 amide bonds. The Kier molecular flexibility index (Phi) is 5.37. The van der Waals surface area contributed by atoms with Gasteiger partial charge in [0, 0.05) is 12.7 Å². The second-order valence-corrected chi connectivity index (χ2v) is 6.96. The highest BCUT2D eigenvalue weighted by Gasteiger charge is 2.27. The first-order valence-electron chi connectivity index (χ1n) is 8.14. The van der Waals surface area contributed by atoms with Crippen molar-refractivity contribution in [2.24, 2.45) is 0 Å². The summed E-state index contributed by atoms with van der Waals surface area (Å²) in [5.41, 5.74) is 1.34. The van der Waals surface area contributed by atoms with Crippen LogP contribution in [0.25, 0.3) is 0 Å². The van der Waals surface area contributed by atoms with Crippen LogP contribution in [0.3, 0.4) is 0 Å². The molecule has 1 fully saturated rings. The molecule has 0 aliphatic heterocycles. The van der Waals surface area contributed by atoms with E-state index in [1.54, 1.807) is 17.6 Å². The van der Waals surface area contributed by atoms with Gasteiger partial charge < -0.3 is 10.4 Å². The van der Waals surface area contributed by atoms with Gasteiger partial charge in [-0.15, -0.1) is 10.2 Å². The van der Waals surface area contributed by atoms with Gasteiger partial charge in [-0.25, -0.2) is 4.98 Å². The Morgan fingerprint density at radius 3 is 2.67 bits per heavy atom. The summed E-state index contributed by atoms with van der Waals surface area (Å²) in [4.78, 5) is 16.3. The topological polar surface area (TPSA) is 100 Å². The fourth-order valence-electron chi connectivity index (χ4n) is 2.85. The fourth-order valence-corrected chi connectivity index (χ4v) is 3.29. The van der Waals surface area contributed by atoms with Gasteiger partial charge in [0.05, 0.1) is 11.2 Å². The van der Waals surface area contributed by atoms with E-state index >= 15 is 0 Å². The fraction of sp³-hybridized carbons (Fsp3) is 0.500. The molecule has 8 heteroatoms. The van der Waals surface area contributed by atoms with Gasteiger partial charge in [0.2, 0.25) is 5.13 Å². The summed E-state index contributed by atoms with van der Waals surface area (Å²) >= 11 is 1.26. The average molecular weight is 347 g/mol. The van der Waals surface area contributed by atoms with Crippen molar-refractivity contribution in [1.29, 1.82) is 0 Å². The largest absolute Gasteiger partial charge is 0.388 e. The Morgan fingerprint density at radius 1 is 1.25 bits per heavy atom. The molecular formula is C16H21N5O2S. The Bertz CT molecular complexity index is 652. The molecule has 0 atom stereocenters. The zero-order chi connectivity index (χ0) is 16.8. The smallest absolute Gasteiger partial charge is 0.259 e. The molecule has 3 N–H and O–H groups in total. The van der Waals surface area contributed by atoms with E-state index in [0.29, 0.717) is 23.1 Å². The van der Waals surface area contributed by atoms with Crippen LogP contribution in [-0.4, -0.2) is 38.3 Å². The second kappa shape index (κ2) is 7.67. The van der Waals surface area contributed by atoms with Crippen LogP contribution >= 0.6 is 11.3 Å². The lowest BCUT2D eigenvalue weighted by atomic mass is 9.94. The minimum absolute atomic E-state index is 0.270. The molecule has 1 aliphatic carbocycles. The maximum Gasteiger partial charge on any atom is 0.259 e. The minimum Gasteiger partial charge on any atom is -0.388 e. The number of hydrogen-bond donors (Lipinski definition) is 3. The molecule has 7 nitrogen and oxygen atoms in total. The van der Waals surface area contributed by atoms with Crippen molar-refractivity contribution in [2.75, 3.05) is 17.2 Å². The standard InChI is InChI=1S/C16H21N5O2S/c22-14(20-15-21-19-11-24-15)12-5-6-13(17-9-12)18-10-16(23)7-3-1-2-4-8-16/h5-6,9,11,23H,1-4,7-8,10H2,(H,17,18)(H,20,21,22). The van der Waals surface area contributed by atoms with Crippen molar-refractivity contribution in [2.45, 2.75) is 44.1 Å². The lowest BCUT2D eigenvalue weighted by Gasteiger charge is -2.27. The maximum absolute atomic E-state index is 12.0. The van der Waals surface area contributed by atoms with Crippen LogP contribution in [0, 0.1) is 0 Å². The van der Waals surface area contributed by atoms with Crippen LogP contribution in [0.2, 0.25) is 0 Å². The minimum atomic E-state index is -0.661. The molecule has 2 aromatic rings. The third-order valence-corrected chi connectivity index (χ3v) is 4.85. The average Bonchev–Trinajstić information content (AvgIpc) is 3.00. The summed E-state index contributed by atoms with van der Waals surface area (Å²) in [7, 11) is 0. The van der Waals surface area contributed by atoms with Crippen LogP contribution < -0.4 is 10.6 Å². The van der Waals surface area contributed by atoms with Gasteiger partial charge in [0.1, 0.15) is 11.3 Å². The number of hydrogen-bond acceptors (Lipinski definition) is 7. The van der Waals surface area contributed by atoms with Crippen LogP contribution in [-0.2, 0) is 0 Å². The van der Waals surface area contributed by atoms with Gasteiger partial charge in [0.15, 0.2) is 0 Å². The van der Waals surface area contributed by atoms with E-state index in [-0.39, 0.29) is 5.91 Å². The highest BCUT2D eigenvalue weighted by atomic mass is 32.1. The van der Waals surface area contributed by atoms with Gasteiger partial charge in [-0.1, -0.05) is 37.0 Å². The predicted molar refractivity (Wildman–Crippen MR) is 93.2 cm³/mol.